The number of nitrogens with zero attached hydrogens (tertiary/aromatic N) is 2. The number of hydrogen-bond acceptors (Lipinski definition) is 4. The van der Waals surface area contributed by atoms with Crippen LogP contribution in [0.4, 0.5) is 4.79 Å². The van der Waals surface area contributed by atoms with Crippen molar-refractivity contribution < 1.29 is 4.79 Å². The second-order valence-corrected chi connectivity index (χ2v) is 5.47. The Morgan fingerprint density at radius 3 is 3.12 bits per heavy atom. The molecule has 0 atom stereocenters. The Morgan fingerprint density at radius 1 is 1.81 bits per heavy atom. The molecule has 2 amide bonds. The molecule has 90 valence electrons. The van der Waals surface area contributed by atoms with E-state index in [0.29, 0.717) is 6.54 Å². The highest BCUT2D eigenvalue weighted by molar-refractivity contribution is 9.10. The summed E-state index contributed by atoms with van der Waals surface area (Å²) in [5, 5.41) is 2.73. The summed E-state index contributed by atoms with van der Waals surface area (Å²) in [6.45, 7) is 0.621. The summed E-state index contributed by atoms with van der Waals surface area (Å²) in [6.07, 6.45) is 1.65. The number of carbonyl (C=O) groups is 1. The largest absolute Gasteiger partial charge is 0.339 e. The molecule has 0 aromatic carbocycles. The lowest BCUT2D eigenvalue weighted by Crippen LogP contribution is -2.32. The number of aromatic amines is 1. The molecule has 5 nitrogen and oxygen atoms in total. The topological polar surface area (TPSA) is 61.0 Å². The minimum Gasteiger partial charge on any atom is -0.339 e. The number of carbonyl (C=O) groups excluding carboxylic acids is 1. The van der Waals surface area contributed by atoms with Gasteiger partial charge in [-0.3, -0.25) is 4.31 Å². The number of imidazole rings is 1. The summed E-state index contributed by atoms with van der Waals surface area (Å²) in [5.74, 6) is 1.66. The predicted molar refractivity (Wildman–Crippen MR) is 72.6 cm³/mol. The Hall–Kier alpha value is -0.340. The van der Waals surface area contributed by atoms with E-state index in [9.17, 15) is 4.79 Å². The Bertz CT molecular complexity index is 345. The van der Waals surface area contributed by atoms with Crippen molar-refractivity contribution in [3.8, 4) is 0 Å². The minimum absolute atomic E-state index is 0.190. The number of thioether (sulfide) groups is 1. The van der Waals surface area contributed by atoms with Gasteiger partial charge in [-0.1, -0.05) is 12.8 Å². The van der Waals surface area contributed by atoms with Gasteiger partial charge in [0.2, 0.25) is 0 Å². The zero-order chi connectivity index (χ0) is 12.0. The molecule has 0 bridgehead atoms. The van der Waals surface area contributed by atoms with E-state index in [-0.39, 0.29) is 6.03 Å². The van der Waals surface area contributed by atoms with E-state index >= 15 is 0 Å². The number of hydrogen-bond donors (Lipinski definition) is 3. The van der Waals surface area contributed by atoms with Gasteiger partial charge in [-0.2, -0.15) is 11.8 Å². The summed E-state index contributed by atoms with van der Waals surface area (Å²) < 4.78 is 2.13. The van der Waals surface area contributed by atoms with Crippen LogP contribution in [-0.2, 0) is 5.75 Å². The molecule has 0 spiro atoms. The van der Waals surface area contributed by atoms with E-state index in [0.717, 1.165) is 21.8 Å². The summed E-state index contributed by atoms with van der Waals surface area (Å²) in [7, 11) is 1.59. The first-order chi connectivity index (χ1) is 7.61. The molecule has 0 fully saturated rings. The van der Waals surface area contributed by atoms with Crippen LogP contribution < -0.4 is 5.32 Å². The number of rotatable bonds is 5. The lowest BCUT2D eigenvalue weighted by atomic mass is 10.6. The zero-order valence-electron chi connectivity index (χ0n) is 8.73. The Kier molecular flexibility index (Phi) is 6.07. The normalized spacial score (nSPS) is 10.2. The molecule has 8 heteroatoms. The van der Waals surface area contributed by atoms with Crippen molar-refractivity contribution >= 4 is 46.5 Å². The average Bonchev–Trinajstić information content (AvgIpc) is 2.63. The molecule has 0 aliphatic carbocycles. The van der Waals surface area contributed by atoms with Gasteiger partial charge in [-0.05, 0) is 15.9 Å². The molecule has 16 heavy (non-hydrogen) atoms. The Morgan fingerprint density at radius 2 is 2.56 bits per heavy atom. The lowest BCUT2D eigenvalue weighted by Gasteiger charge is -2.09. The number of thiol groups is 1. The van der Waals surface area contributed by atoms with Crippen LogP contribution in [0.2, 0.25) is 0 Å². The smallest absolute Gasteiger partial charge is 0.326 e. The first-order valence-corrected chi connectivity index (χ1v) is 6.92. The summed E-state index contributed by atoms with van der Waals surface area (Å²) in [4.78, 5) is 18.2. The molecule has 0 radical (unpaired) electrons. The summed E-state index contributed by atoms with van der Waals surface area (Å²) in [6, 6.07) is -0.190. The molecular weight excluding hydrogens is 312 g/mol. The van der Waals surface area contributed by atoms with Crippen molar-refractivity contribution in [1.82, 2.24) is 19.6 Å². The quantitative estimate of drug-likeness (QED) is 0.572. The Balaban J connectivity index is 2.09. The summed E-state index contributed by atoms with van der Waals surface area (Å²) in [5.41, 5.74) is 0.989. The van der Waals surface area contributed by atoms with Gasteiger partial charge in [0.25, 0.3) is 0 Å². The fraction of sp³-hybridized carbons (Fsp3) is 0.500. The zero-order valence-corrected chi connectivity index (χ0v) is 12.0. The van der Waals surface area contributed by atoms with E-state index in [1.165, 1.54) is 4.31 Å². The van der Waals surface area contributed by atoms with Gasteiger partial charge in [0.05, 0.1) is 12.0 Å². The number of aromatic nitrogens is 2. The van der Waals surface area contributed by atoms with Crippen molar-refractivity contribution in [2.24, 2.45) is 0 Å². The molecule has 0 aliphatic heterocycles. The SMILES string of the molecule is CN(S)C(=O)NCCSCc1nc[nH]c1Br. The second kappa shape index (κ2) is 7.08. The second-order valence-electron chi connectivity index (χ2n) is 2.97. The fourth-order valence-corrected chi connectivity index (χ4v) is 2.33. The minimum atomic E-state index is -0.190. The molecule has 1 aromatic heterocycles. The van der Waals surface area contributed by atoms with Crippen molar-refractivity contribution in [2.75, 3.05) is 19.3 Å². The molecule has 1 rings (SSSR count). The number of H-pyrrole nitrogens is 1. The third kappa shape index (κ3) is 4.67. The van der Waals surface area contributed by atoms with Gasteiger partial charge in [0.15, 0.2) is 0 Å². The van der Waals surface area contributed by atoms with Crippen LogP contribution in [-0.4, -0.2) is 39.6 Å². The highest BCUT2D eigenvalue weighted by Gasteiger charge is 2.04. The van der Waals surface area contributed by atoms with Crippen LogP contribution >= 0.6 is 40.5 Å². The molecule has 0 saturated heterocycles. The fourth-order valence-electron chi connectivity index (χ4n) is 0.921. The number of amides is 2. The van der Waals surface area contributed by atoms with Crippen LogP contribution in [0.5, 0.6) is 0 Å². The van der Waals surface area contributed by atoms with Gasteiger partial charge in [-0.25, -0.2) is 9.78 Å². The number of halogens is 1. The molecule has 2 N–H and O–H groups in total. The van der Waals surface area contributed by atoms with Crippen LogP contribution in [0.15, 0.2) is 10.9 Å². The standard InChI is InChI=1S/C8H13BrN4OS2/c1-13(15)8(14)10-2-3-16-4-6-7(9)12-5-11-6/h5,15H,2-4H2,1H3,(H,10,14)(H,11,12). The molecular formula is C8H13BrN4OS2. The van der Waals surface area contributed by atoms with Gasteiger partial charge >= 0.3 is 6.03 Å². The van der Waals surface area contributed by atoms with E-state index in [4.69, 9.17) is 0 Å². The van der Waals surface area contributed by atoms with E-state index in [2.05, 4.69) is 44.0 Å². The molecule has 1 aromatic rings. The maximum atomic E-state index is 11.1. The van der Waals surface area contributed by atoms with Crippen LogP contribution in [0.3, 0.4) is 0 Å². The molecule has 1 heterocycles. The lowest BCUT2D eigenvalue weighted by molar-refractivity contribution is 0.231. The van der Waals surface area contributed by atoms with Gasteiger partial charge < -0.3 is 10.3 Å². The monoisotopic (exact) mass is 324 g/mol. The number of urea groups is 1. The van der Waals surface area contributed by atoms with Crippen LogP contribution in [0.25, 0.3) is 0 Å². The highest BCUT2D eigenvalue weighted by Crippen LogP contribution is 2.16. The van der Waals surface area contributed by atoms with Crippen molar-refractivity contribution in [3.05, 3.63) is 16.6 Å². The van der Waals surface area contributed by atoms with Gasteiger partial charge in [-0.15, -0.1) is 0 Å². The van der Waals surface area contributed by atoms with Gasteiger partial charge in [0, 0.05) is 25.1 Å². The maximum absolute atomic E-state index is 11.1. The van der Waals surface area contributed by atoms with E-state index in [1.54, 1.807) is 25.1 Å². The van der Waals surface area contributed by atoms with Crippen LogP contribution in [0, 0.1) is 0 Å². The third-order valence-electron chi connectivity index (χ3n) is 1.72. The van der Waals surface area contributed by atoms with Gasteiger partial charge in [0.1, 0.15) is 4.60 Å². The number of nitrogens with one attached hydrogen (secondary N) is 2. The predicted octanol–water partition coefficient (Wildman–Crippen LogP) is 1.89. The maximum Gasteiger partial charge on any atom is 0.326 e. The summed E-state index contributed by atoms with van der Waals surface area (Å²) >= 11 is 8.94. The van der Waals surface area contributed by atoms with Crippen molar-refractivity contribution in [2.45, 2.75) is 5.75 Å². The van der Waals surface area contributed by atoms with Crippen LogP contribution in [0.1, 0.15) is 5.69 Å². The van der Waals surface area contributed by atoms with Crippen molar-refractivity contribution in [1.29, 1.82) is 0 Å². The highest BCUT2D eigenvalue weighted by atomic mass is 79.9. The third-order valence-corrected chi connectivity index (χ3v) is 3.56. The molecule has 0 aliphatic rings. The van der Waals surface area contributed by atoms with E-state index in [1.807, 2.05) is 0 Å². The molecule has 0 unspecified atom stereocenters. The van der Waals surface area contributed by atoms with E-state index < -0.39 is 0 Å². The molecule has 0 saturated carbocycles. The Labute approximate surface area is 112 Å². The first kappa shape index (κ1) is 13.7. The average molecular weight is 325 g/mol. The first-order valence-electron chi connectivity index (χ1n) is 4.57. The van der Waals surface area contributed by atoms with Crippen molar-refractivity contribution in [3.63, 3.8) is 0 Å².